The number of nitrogens with two attached hydrogens (primary N) is 1. The standard InChI is InChI=1S/C19H20N6.C7H15N.C2H4O.C2H6/c1-4-14(9-21-3)24-18-8-13-7-17(15-10-22-6-5-12(15)2)25-19(20)16(13)11-23-18;1-6(2)7-4-8(3)5-7;1-2-3;1-2/h4-11H,1-3H3,(H2,20,25)(H,23,24);6-7H,4-5H2,1-3H3;2H,1H3;1-2H3/b14-4+,21-9?;;;. The number of carbonyl (C=O) groups excluding carboxylic acids is 1. The molecule has 206 valence electrons. The van der Waals surface area contributed by atoms with Gasteiger partial charge in [-0.15, -0.1) is 0 Å². The van der Waals surface area contributed by atoms with Crippen molar-refractivity contribution in [3.8, 4) is 11.3 Å². The van der Waals surface area contributed by atoms with E-state index in [1.54, 1.807) is 31.9 Å². The van der Waals surface area contributed by atoms with Gasteiger partial charge in [-0.2, -0.15) is 0 Å². The predicted molar refractivity (Wildman–Crippen MR) is 163 cm³/mol. The minimum absolute atomic E-state index is 0.455. The molecule has 0 spiro atoms. The number of hydrogen-bond acceptors (Lipinski definition) is 8. The van der Waals surface area contributed by atoms with Crippen LogP contribution in [0, 0.1) is 18.8 Å². The van der Waals surface area contributed by atoms with Crippen LogP contribution in [0.1, 0.15) is 47.1 Å². The number of allylic oxidation sites excluding steroid dienone is 2. The minimum Gasteiger partial charge on any atom is -0.383 e. The van der Waals surface area contributed by atoms with Crippen LogP contribution < -0.4 is 11.1 Å². The molecule has 0 saturated carbocycles. The monoisotopic (exact) mass is 519 g/mol. The van der Waals surface area contributed by atoms with Crippen molar-refractivity contribution < 1.29 is 4.79 Å². The molecule has 8 heteroatoms. The Hall–Kier alpha value is -3.65. The number of aryl methyl sites for hydroxylation is 1. The number of aromatic nitrogens is 3. The zero-order chi connectivity index (χ0) is 28.7. The number of nitrogens with one attached hydrogen (secondary N) is 1. The van der Waals surface area contributed by atoms with Gasteiger partial charge in [-0.3, -0.25) is 9.98 Å². The zero-order valence-corrected chi connectivity index (χ0v) is 24.5. The van der Waals surface area contributed by atoms with E-state index in [-0.39, 0.29) is 0 Å². The van der Waals surface area contributed by atoms with E-state index in [0.717, 1.165) is 57.2 Å². The minimum atomic E-state index is 0.455. The molecule has 3 aromatic heterocycles. The summed E-state index contributed by atoms with van der Waals surface area (Å²) in [4.78, 5) is 28.3. The fourth-order valence-electron chi connectivity index (χ4n) is 3.75. The molecule has 0 atom stereocenters. The topological polar surface area (TPSA) is 109 Å². The number of anilines is 2. The summed E-state index contributed by atoms with van der Waals surface area (Å²) in [5.74, 6) is 3.06. The van der Waals surface area contributed by atoms with Crippen molar-refractivity contribution in [2.45, 2.75) is 48.5 Å². The van der Waals surface area contributed by atoms with Crippen LogP contribution in [-0.2, 0) is 4.79 Å². The highest BCUT2D eigenvalue weighted by molar-refractivity contribution is 5.95. The Balaban J connectivity index is 0.000000461. The summed E-state index contributed by atoms with van der Waals surface area (Å²) in [6, 6.07) is 5.92. The first-order chi connectivity index (χ1) is 18.2. The summed E-state index contributed by atoms with van der Waals surface area (Å²) < 4.78 is 0. The second-order valence-corrected chi connectivity index (χ2v) is 9.09. The fourth-order valence-corrected chi connectivity index (χ4v) is 3.75. The SMILES string of the molecule is C/C=C(\C=NC)Nc1cc2cc(-c3cnccc3C)nc(N)c2cn1.CC.CC(C)C1CN(C)C1.CC=O. The Morgan fingerprint density at radius 3 is 2.37 bits per heavy atom. The lowest BCUT2D eigenvalue weighted by atomic mass is 9.89. The largest absolute Gasteiger partial charge is 0.383 e. The molecule has 0 radical (unpaired) electrons. The lowest BCUT2D eigenvalue weighted by Gasteiger charge is -2.38. The quantitative estimate of drug-likeness (QED) is 0.313. The van der Waals surface area contributed by atoms with Crippen molar-refractivity contribution in [3.63, 3.8) is 0 Å². The molecule has 8 nitrogen and oxygen atoms in total. The number of likely N-dealkylation sites (tertiary alicyclic amines) is 1. The van der Waals surface area contributed by atoms with Crippen molar-refractivity contribution in [2.75, 3.05) is 38.2 Å². The summed E-state index contributed by atoms with van der Waals surface area (Å²) >= 11 is 0. The maximum absolute atomic E-state index is 8.81. The van der Waals surface area contributed by atoms with Gasteiger partial charge in [0.25, 0.3) is 0 Å². The number of nitrogen functional groups attached to an aromatic ring is 1. The van der Waals surface area contributed by atoms with Gasteiger partial charge in [0.2, 0.25) is 0 Å². The van der Waals surface area contributed by atoms with Crippen molar-refractivity contribution in [2.24, 2.45) is 16.8 Å². The third kappa shape index (κ3) is 9.67. The smallest absolute Gasteiger partial charge is 0.133 e. The van der Waals surface area contributed by atoms with E-state index in [4.69, 9.17) is 10.5 Å². The van der Waals surface area contributed by atoms with E-state index in [2.05, 4.69) is 51.1 Å². The Bertz CT molecular complexity index is 1200. The summed E-state index contributed by atoms with van der Waals surface area (Å²) in [6.07, 6.45) is 9.74. The lowest BCUT2D eigenvalue weighted by Crippen LogP contribution is -2.46. The van der Waals surface area contributed by atoms with E-state index in [1.807, 2.05) is 52.0 Å². The highest BCUT2D eigenvalue weighted by Crippen LogP contribution is 2.28. The van der Waals surface area contributed by atoms with Gasteiger partial charge in [-0.05, 0) is 68.8 Å². The number of hydrogen-bond donors (Lipinski definition) is 2. The van der Waals surface area contributed by atoms with Crippen LogP contribution in [0.4, 0.5) is 11.6 Å². The second-order valence-electron chi connectivity index (χ2n) is 9.09. The van der Waals surface area contributed by atoms with Crippen LogP contribution in [0.2, 0.25) is 0 Å². The van der Waals surface area contributed by atoms with Crippen molar-refractivity contribution in [1.82, 2.24) is 19.9 Å². The van der Waals surface area contributed by atoms with Crippen molar-refractivity contribution in [1.29, 1.82) is 0 Å². The molecule has 1 saturated heterocycles. The van der Waals surface area contributed by atoms with E-state index >= 15 is 0 Å². The first-order valence-electron chi connectivity index (χ1n) is 13.1. The van der Waals surface area contributed by atoms with Gasteiger partial charge in [-0.1, -0.05) is 33.8 Å². The normalized spacial score (nSPS) is 13.5. The van der Waals surface area contributed by atoms with Gasteiger partial charge in [0.05, 0.1) is 11.4 Å². The average molecular weight is 520 g/mol. The maximum atomic E-state index is 8.81. The molecule has 0 unspecified atom stereocenters. The molecular formula is C30H45N7O. The van der Waals surface area contributed by atoms with Crippen LogP contribution >= 0.6 is 0 Å². The van der Waals surface area contributed by atoms with Crippen LogP contribution in [-0.4, -0.2) is 59.5 Å². The lowest BCUT2D eigenvalue weighted by molar-refractivity contribution is -0.106. The Labute approximate surface area is 228 Å². The Kier molecular flexibility index (Phi) is 14.5. The van der Waals surface area contributed by atoms with Crippen molar-refractivity contribution >= 4 is 34.9 Å². The van der Waals surface area contributed by atoms with E-state index in [0.29, 0.717) is 5.82 Å². The van der Waals surface area contributed by atoms with Gasteiger partial charge in [-0.25, -0.2) is 9.97 Å². The third-order valence-corrected chi connectivity index (χ3v) is 5.95. The number of nitrogens with zero attached hydrogens (tertiary/aromatic N) is 5. The van der Waals surface area contributed by atoms with E-state index < -0.39 is 0 Å². The molecule has 0 aromatic carbocycles. The molecule has 0 bridgehead atoms. The Morgan fingerprint density at radius 2 is 1.87 bits per heavy atom. The molecule has 4 rings (SSSR count). The highest BCUT2D eigenvalue weighted by Gasteiger charge is 2.25. The number of carbonyl (C=O) groups is 1. The highest BCUT2D eigenvalue weighted by atomic mass is 16.1. The number of rotatable bonds is 5. The average Bonchev–Trinajstić information content (AvgIpc) is 2.88. The molecular weight excluding hydrogens is 474 g/mol. The van der Waals surface area contributed by atoms with Gasteiger partial charge < -0.3 is 20.7 Å². The summed E-state index contributed by atoms with van der Waals surface area (Å²) in [7, 11) is 3.91. The number of aldehydes is 1. The Morgan fingerprint density at radius 1 is 1.21 bits per heavy atom. The second kappa shape index (κ2) is 17.0. The summed E-state index contributed by atoms with van der Waals surface area (Å²) in [5.41, 5.74) is 9.89. The first kappa shape index (κ1) is 32.4. The van der Waals surface area contributed by atoms with Crippen LogP contribution in [0.15, 0.2) is 53.6 Å². The van der Waals surface area contributed by atoms with Crippen LogP contribution in [0.5, 0.6) is 0 Å². The first-order valence-corrected chi connectivity index (χ1v) is 13.1. The zero-order valence-electron chi connectivity index (χ0n) is 24.5. The molecule has 1 fully saturated rings. The van der Waals surface area contributed by atoms with Gasteiger partial charge >= 0.3 is 0 Å². The maximum Gasteiger partial charge on any atom is 0.133 e. The third-order valence-electron chi connectivity index (χ3n) is 5.95. The summed E-state index contributed by atoms with van der Waals surface area (Å²) in [5, 5.41) is 5.03. The number of fused-ring (bicyclic) bond motifs is 1. The molecule has 0 amide bonds. The van der Waals surface area contributed by atoms with Crippen LogP contribution in [0.25, 0.3) is 22.0 Å². The number of pyridine rings is 3. The van der Waals surface area contributed by atoms with Gasteiger partial charge in [0, 0.05) is 55.9 Å². The fraction of sp³-hybridized carbons (Fsp3) is 0.433. The summed E-state index contributed by atoms with van der Waals surface area (Å²) in [6.45, 7) is 16.7. The predicted octanol–water partition coefficient (Wildman–Crippen LogP) is 6.03. The van der Waals surface area contributed by atoms with Crippen molar-refractivity contribution in [3.05, 3.63) is 54.1 Å². The molecule has 1 aliphatic rings. The molecule has 38 heavy (non-hydrogen) atoms. The molecule has 4 heterocycles. The van der Waals surface area contributed by atoms with E-state index in [9.17, 15) is 0 Å². The van der Waals surface area contributed by atoms with E-state index in [1.165, 1.54) is 20.0 Å². The van der Waals surface area contributed by atoms with Gasteiger partial charge in [0.1, 0.15) is 17.9 Å². The van der Waals surface area contributed by atoms with Gasteiger partial charge in [0.15, 0.2) is 0 Å². The molecule has 1 aliphatic heterocycles. The molecule has 3 aromatic rings. The molecule has 0 aliphatic carbocycles. The van der Waals surface area contributed by atoms with Crippen LogP contribution in [0.3, 0.4) is 0 Å². The molecule has 3 N–H and O–H groups in total. The number of aliphatic imine (C=N–C) groups is 1.